The van der Waals surface area contributed by atoms with E-state index in [0.717, 1.165) is 11.3 Å². The van der Waals surface area contributed by atoms with Crippen LogP contribution in [0, 0.1) is 0 Å². The summed E-state index contributed by atoms with van der Waals surface area (Å²) in [4.78, 5) is 11.2. The SMILES string of the molecule is NC(=O)c1cc2cc(OC(F)(F)F)ccc2s1. The zero-order chi connectivity index (χ0) is 12.6. The standard InChI is InChI=1S/C10H6F3NO2S/c11-10(12,13)16-6-1-2-7-5(3-6)4-8(17-7)9(14)15/h1-4H,(H2,14,15). The molecule has 2 rings (SSSR count). The highest BCUT2D eigenvalue weighted by molar-refractivity contribution is 7.20. The Hall–Kier alpha value is -1.76. The summed E-state index contributed by atoms with van der Waals surface area (Å²) in [6, 6.07) is 5.29. The van der Waals surface area contributed by atoms with Gasteiger partial charge >= 0.3 is 6.36 Å². The number of hydrogen-bond acceptors (Lipinski definition) is 3. The number of nitrogens with two attached hydrogens (primary N) is 1. The van der Waals surface area contributed by atoms with Crippen LogP contribution in [0.1, 0.15) is 9.67 Å². The lowest BCUT2D eigenvalue weighted by Crippen LogP contribution is -2.16. The molecule has 0 aliphatic rings. The van der Waals surface area contributed by atoms with Crippen LogP contribution >= 0.6 is 11.3 Å². The van der Waals surface area contributed by atoms with Crippen LogP contribution in [0.2, 0.25) is 0 Å². The van der Waals surface area contributed by atoms with Crippen molar-refractivity contribution in [2.24, 2.45) is 5.73 Å². The monoisotopic (exact) mass is 261 g/mol. The molecule has 0 unspecified atom stereocenters. The van der Waals surface area contributed by atoms with Crippen molar-refractivity contribution in [3.05, 3.63) is 29.1 Å². The predicted molar refractivity (Wildman–Crippen MR) is 57.0 cm³/mol. The molecule has 2 N–H and O–H groups in total. The minimum Gasteiger partial charge on any atom is -0.406 e. The third-order valence-corrected chi connectivity index (χ3v) is 3.09. The van der Waals surface area contributed by atoms with Crippen LogP contribution in [0.3, 0.4) is 0 Å². The summed E-state index contributed by atoms with van der Waals surface area (Å²) < 4.78 is 40.4. The van der Waals surface area contributed by atoms with Crippen molar-refractivity contribution < 1.29 is 22.7 Å². The fourth-order valence-corrected chi connectivity index (χ4v) is 2.24. The van der Waals surface area contributed by atoms with E-state index in [1.54, 1.807) is 0 Å². The van der Waals surface area contributed by atoms with Gasteiger partial charge in [-0.25, -0.2) is 0 Å². The Morgan fingerprint density at radius 1 is 1.29 bits per heavy atom. The molecule has 3 nitrogen and oxygen atoms in total. The van der Waals surface area contributed by atoms with Crippen molar-refractivity contribution >= 4 is 27.3 Å². The second kappa shape index (κ2) is 3.92. The number of rotatable bonds is 2. The Labute approximate surface area is 97.6 Å². The quantitative estimate of drug-likeness (QED) is 0.903. The van der Waals surface area contributed by atoms with E-state index in [-0.39, 0.29) is 5.75 Å². The fourth-order valence-electron chi connectivity index (χ4n) is 1.34. The van der Waals surface area contributed by atoms with Gasteiger partial charge in [-0.3, -0.25) is 4.79 Å². The molecule has 90 valence electrons. The largest absolute Gasteiger partial charge is 0.573 e. The second-order valence-electron chi connectivity index (χ2n) is 3.22. The molecule has 0 spiro atoms. The number of ether oxygens (including phenoxy) is 1. The van der Waals surface area contributed by atoms with E-state index in [9.17, 15) is 18.0 Å². The van der Waals surface area contributed by atoms with Gasteiger partial charge in [0.1, 0.15) is 5.75 Å². The van der Waals surface area contributed by atoms with Crippen molar-refractivity contribution in [2.75, 3.05) is 0 Å². The Kier molecular flexibility index (Phi) is 2.70. The average molecular weight is 261 g/mol. The molecule has 0 aliphatic heterocycles. The molecule has 0 radical (unpaired) electrons. The molecule has 1 aromatic heterocycles. The van der Waals surface area contributed by atoms with Gasteiger partial charge in [0.05, 0.1) is 4.88 Å². The third-order valence-electron chi connectivity index (χ3n) is 1.96. The summed E-state index contributed by atoms with van der Waals surface area (Å²) in [5.41, 5.74) is 5.08. The lowest BCUT2D eigenvalue weighted by atomic mass is 10.2. The normalized spacial score (nSPS) is 11.7. The van der Waals surface area contributed by atoms with E-state index < -0.39 is 12.3 Å². The van der Waals surface area contributed by atoms with Crippen molar-refractivity contribution in [2.45, 2.75) is 6.36 Å². The van der Waals surface area contributed by atoms with Crippen molar-refractivity contribution in [1.29, 1.82) is 0 Å². The van der Waals surface area contributed by atoms with Crippen LogP contribution < -0.4 is 10.5 Å². The molecule has 0 saturated carbocycles. The number of fused-ring (bicyclic) bond motifs is 1. The first kappa shape index (κ1) is 11.7. The Morgan fingerprint density at radius 3 is 2.59 bits per heavy atom. The number of amides is 1. The van der Waals surface area contributed by atoms with E-state index in [1.807, 2.05) is 0 Å². The van der Waals surface area contributed by atoms with E-state index in [2.05, 4.69) is 4.74 Å². The van der Waals surface area contributed by atoms with Crippen molar-refractivity contribution in [3.8, 4) is 5.75 Å². The Morgan fingerprint density at radius 2 is 2.00 bits per heavy atom. The van der Waals surface area contributed by atoms with Gasteiger partial charge in [0.25, 0.3) is 5.91 Å². The molecule has 7 heteroatoms. The molecule has 17 heavy (non-hydrogen) atoms. The summed E-state index contributed by atoms with van der Waals surface area (Å²) in [6.07, 6.45) is -4.73. The Bertz CT molecular complexity index is 576. The average Bonchev–Trinajstić information content (AvgIpc) is 2.57. The molecular formula is C10H6F3NO2S. The van der Waals surface area contributed by atoms with Gasteiger partial charge in [0.2, 0.25) is 0 Å². The van der Waals surface area contributed by atoms with Crippen LogP contribution in [0.25, 0.3) is 10.1 Å². The zero-order valence-electron chi connectivity index (χ0n) is 8.25. The van der Waals surface area contributed by atoms with Crippen molar-refractivity contribution in [1.82, 2.24) is 0 Å². The van der Waals surface area contributed by atoms with Gasteiger partial charge in [0.15, 0.2) is 0 Å². The van der Waals surface area contributed by atoms with E-state index in [0.29, 0.717) is 15.0 Å². The number of carbonyl (C=O) groups excluding carboxylic acids is 1. The first-order chi connectivity index (χ1) is 7.85. The number of primary amides is 1. The summed E-state index contributed by atoms with van der Waals surface area (Å²) in [5.74, 6) is -0.927. The summed E-state index contributed by atoms with van der Waals surface area (Å²) in [6.45, 7) is 0. The van der Waals surface area contributed by atoms with Crippen LogP contribution in [0.5, 0.6) is 5.75 Å². The zero-order valence-corrected chi connectivity index (χ0v) is 9.06. The molecule has 0 atom stereocenters. The number of hydrogen-bond donors (Lipinski definition) is 1. The molecular weight excluding hydrogens is 255 g/mol. The van der Waals surface area contributed by atoms with E-state index >= 15 is 0 Å². The second-order valence-corrected chi connectivity index (χ2v) is 4.31. The molecule has 0 saturated heterocycles. The maximum atomic E-state index is 12.0. The summed E-state index contributed by atoms with van der Waals surface area (Å²) in [5, 5.41) is 0.491. The summed E-state index contributed by atoms with van der Waals surface area (Å²) >= 11 is 1.12. The highest BCUT2D eigenvalue weighted by Crippen LogP contribution is 2.31. The number of halogens is 3. The number of benzene rings is 1. The Balaban J connectivity index is 2.40. The number of alkyl halides is 3. The van der Waals surface area contributed by atoms with E-state index in [4.69, 9.17) is 5.73 Å². The molecule has 2 aromatic rings. The molecule has 0 bridgehead atoms. The maximum Gasteiger partial charge on any atom is 0.573 e. The predicted octanol–water partition coefficient (Wildman–Crippen LogP) is 2.90. The van der Waals surface area contributed by atoms with Gasteiger partial charge in [-0.2, -0.15) is 0 Å². The van der Waals surface area contributed by atoms with Crippen LogP contribution in [-0.4, -0.2) is 12.3 Å². The molecule has 1 heterocycles. The lowest BCUT2D eigenvalue weighted by molar-refractivity contribution is -0.274. The minimum atomic E-state index is -4.73. The molecule has 0 fully saturated rings. The molecule has 1 aromatic carbocycles. The lowest BCUT2D eigenvalue weighted by Gasteiger charge is -2.08. The van der Waals surface area contributed by atoms with Crippen LogP contribution in [-0.2, 0) is 0 Å². The fraction of sp³-hybridized carbons (Fsp3) is 0.100. The van der Waals surface area contributed by atoms with Gasteiger partial charge < -0.3 is 10.5 Å². The van der Waals surface area contributed by atoms with Crippen molar-refractivity contribution in [3.63, 3.8) is 0 Å². The smallest absolute Gasteiger partial charge is 0.406 e. The van der Waals surface area contributed by atoms with Crippen LogP contribution in [0.4, 0.5) is 13.2 Å². The first-order valence-electron chi connectivity index (χ1n) is 4.44. The topological polar surface area (TPSA) is 52.3 Å². The van der Waals surface area contributed by atoms with Gasteiger partial charge in [-0.05, 0) is 29.7 Å². The third kappa shape index (κ3) is 2.68. The maximum absolute atomic E-state index is 12.0. The highest BCUT2D eigenvalue weighted by atomic mass is 32.1. The minimum absolute atomic E-state index is 0.296. The van der Waals surface area contributed by atoms with Crippen LogP contribution in [0.15, 0.2) is 24.3 Å². The summed E-state index contributed by atoms with van der Waals surface area (Å²) in [7, 11) is 0. The number of thiophene rings is 1. The highest BCUT2D eigenvalue weighted by Gasteiger charge is 2.31. The number of carbonyl (C=O) groups is 1. The first-order valence-corrected chi connectivity index (χ1v) is 5.26. The molecule has 0 aliphatic carbocycles. The van der Waals surface area contributed by atoms with Gasteiger partial charge in [-0.1, -0.05) is 0 Å². The molecule has 1 amide bonds. The van der Waals surface area contributed by atoms with Gasteiger partial charge in [-0.15, -0.1) is 24.5 Å². The van der Waals surface area contributed by atoms with Gasteiger partial charge in [0, 0.05) is 4.70 Å². The van der Waals surface area contributed by atoms with E-state index in [1.165, 1.54) is 24.3 Å².